The molecular weight excluding hydrogens is 200 g/mol. The zero-order valence-electron chi connectivity index (χ0n) is 5.79. The second-order valence-corrected chi connectivity index (χ2v) is 4.29. The highest BCUT2D eigenvalue weighted by atomic mass is 35.5. The molecule has 0 unspecified atom stereocenters. The van der Waals surface area contributed by atoms with E-state index >= 15 is 0 Å². The smallest absolute Gasteiger partial charge is 0.141 e. The van der Waals surface area contributed by atoms with E-state index in [1.165, 1.54) is 11.3 Å². The molecule has 2 nitrogen and oxygen atoms in total. The van der Waals surface area contributed by atoms with Crippen LogP contribution in [0.15, 0.2) is 17.0 Å². The molecule has 1 heterocycles. The summed E-state index contributed by atoms with van der Waals surface area (Å²) in [7, 11) is 0. The molecule has 0 aliphatic heterocycles. The molecule has 0 bridgehead atoms. The molecule has 0 atom stereocenters. The average molecular weight is 207 g/mol. The van der Waals surface area contributed by atoms with Crippen molar-refractivity contribution >= 4 is 34.7 Å². The first-order valence-electron chi connectivity index (χ1n) is 2.99. The minimum atomic E-state index is 0.451. The highest BCUT2D eigenvalue weighted by molar-refractivity contribution is 8.01. The normalized spacial score (nSPS) is 9.91. The molecule has 0 radical (unpaired) electrons. The Hall–Kier alpha value is -0.0600. The summed E-state index contributed by atoms with van der Waals surface area (Å²) in [4.78, 5) is 0. The van der Waals surface area contributed by atoms with Gasteiger partial charge in [0.25, 0.3) is 0 Å². The summed E-state index contributed by atoms with van der Waals surface area (Å²) in [6.07, 6.45) is 1.84. The van der Waals surface area contributed by atoms with E-state index in [9.17, 15) is 0 Å². The Balaban J connectivity index is 2.50. The van der Waals surface area contributed by atoms with E-state index in [1.54, 1.807) is 11.8 Å². The number of halogens is 1. The molecule has 1 aromatic rings. The molecule has 5 heteroatoms. The van der Waals surface area contributed by atoms with E-state index in [4.69, 9.17) is 11.6 Å². The van der Waals surface area contributed by atoms with Gasteiger partial charge in [-0.25, -0.2) is 0 Å². The molecule has 0 aliphatic rings. The molecule has 11 heavy (non-hydrogen) atoms. The first kappa shape index (κ1) is 9.03. The lowest BCUT2D eigenvalue weighted by atomic mass is 10.8. The van der Waals surface area contributed by atoms with Gasteiger partial charge in [0.1, 0.15) is 5.01 Å². The number of hydrogen-bond donors (Lipinski definition) is 0. The van der Waals surface area contributed by atoms with E-state index in [0.29, 0.717) is 5.88 Å². The van der Waals surface area contributed by atoms with Crippen molar-refractivity contribution in [3.05, 3.63) is 17.7 Å². The monoisotopic (exact) mass is 206 g/mol. The van der Waals surface area contributed by atoms with Crippen molar-refractivity contribution in [3.8, 4) is 0 Å². The van der Waals surface area contributed by atoms with E-state index in [-0.39, 0.29) is 0 Å². The van der Waals surface area contributed by atoms with Crippen LogP contribution in [0, 0.1) is 0 Å². The van der Waals surface area contributed by atoms with Crippen molar-refractivity contribution in [1.82, 2.24) is 10.2 Å². The van der Waals surface area contributed by atoms with Crippen LogP contribution in [0.25, 0.3) is 0 Å². The molecule has 0 amide bonds. The van der Waals surface area contributed by atoms with Crippen LogP contribution in [-0.2, 0) is 5.88 Å². The van der Waals surface area contributed by atoms with Crippen LogP contribution in [0.1, 0.15) is 5.01 Å². The van der Waals surface area contributed by atoms with Crippen LogP contribution in [0.4, 0.5) is 0 Å². The number of alkyl halides is 1. The van der Waals surface area contributed by atoms with Crippen LogP contribution < -0.4 is 0 Å². The quantitative estimate of drug-likeness (QED) is 0.430. The van der Waals surface area contributed by atoms with Gasteiger partial charge in [0.15, 0.2) is 4.34 Å². The van der Waals surface area contributed by atoms with Crippen molar-refractivity contribution < 1.29 is 0 Å². The number of rotatable bonds is 4. The summed E-state index contributed by atoms with van der Waals surface area (Å²) in [5.41, 5.74) is 0. The summed E-state index contributed by atoms with van der Waals surface area (Å²) in [5, 5.41) is 8.67. The lowest BCUT2D eigenvalue weighted by molar-refractivity contribution is 0.978. The van der Waals surface area contributed by atoms with E-state index in [1.807, 2.05) is 6.08 Å². The van der Waals surface area contributed by atoms with Gasteiger partial charge in [0.05, 0.1) is 5.88 Å². The number of thioether (sulfide) groups is 1. The molecule has 0 fully saturated rings. The molecular formula is C6H7ClN2S2. The molecule has 0 aromatic carbocycles. The topological polar surface area (TPSA) is 25.8 Å². The summed E-state index contributed by atoms with van der Waals surface area (Å²) in [6, 6.07) is 0. The van der Waals surface area contributed by atoms with Crippen molar-refractivity contribution in [1.29, 1.82) is 0 Å². The van der Waals surface area contributed by atoms with Crippen molar-refractivity contribution in [2.75, 3.05) is 5.75 Å². The Labute approximate surface area is 78.7 Å². The Kier molecular flexibility index (Phi) is 3.90. The van der Waals surface area contributed by atoms with Gasteiger partial charge in [-0.1, -0.05) is 29.2 Å². The Morgan fingerprint density at radius 1 is 1.64 bits per heavy atom. The molecule has 0 aliphatic carbocycles. The standard InChI is InChI=1S/C6H7ClN2S2/c1-2-3-10-6-9-8-5(4-7)11-6/h2H,1,3-4H2. The van der Waals surface area contributed by atoms with Gasteiger partial charge in [-0.3, -0.25) is 0 Å². The van der Waals surface area contributed by atoms with Crippen LogP contribution in [0.2, 0.25) is 0 Å². The number of hydrogen-bond acceptors (Lipinski definition) is 4. The van der Waals surface area contributed by atoms with Gasteiger partial charge in [0, 0.05) is 5.75 Å². The Bertz CT molecular complexity index is 236. The maximum atomic E-state index is 5.55. The summed E-state index contributed by atoms with van der Waals surface area (Å²) in [5.74, 6) is 1.32. The predicted molar refractivity (Wildman–Crippen MR) is 50.4 cm³/mol. The Morgan fingerprint density at radius 2 is 2.45 bits per heavy atom. The minimum Gasteiger partial charge on any atom is -0.141 e. The van der Waals surface area contributed by atoms with Crippen molar-refractivity contribution in [3.63, 3.8) is 0 Å². The van der Waals surface area contributed by atoms with E-state index in [0.717, 1.165) is 15.1 Å². The van der Waals surface area contributed by atoms with Gasteiger partial charge in [-0.05, 0) is 0 Å². The third kappa shape index (κ3) is 2.81. The van der Waals surface area contributed by atoms with Crippen LogP contribution in [-0.4, -0.2) is 16.0 Å². The second-order valence-electron chi connectivity index (χ2n) is 1.70. The maximum Gasteiger partial charge on any atom is 0.174 e. The number of nitrogens with zero attached hydrogens (tertiary/aromatic N) is 2. The van der Waals surface area contributed by atoms with Crippen molar-refractivity contribution in [2.24, 2.45) is 0 Å². The second kappa shape index (κ2) is 4.74. The fourth-order valence-corrected chi connectivity index (χ4v) is 2.20. The summed E-state index contributed by atoms with van der Waals surface area (Å²) in [6.45, 7) is 3.61. The third-order valence-electron chi connectivity index (χ3n) is 0.887. The van der Waals surface area contributed by atoms with E-state index in [2.05, 4.69) is 16.8 Å². The lowest BCUT2D eigenvalue weighted by Crippen LogP contribution is -1.74. The van der Waals surface area contributed by atoms with Gasteiger partial charge in [-0.2, -0.15) is 0 Å². The number of aromatic nitrogens is 2. The first-order chi connectivity index (χ1) is 5.36. The Morgan fingerprint density at radius 3 is 3.00 bits per heavy atom. The fraction of sp³-hybridized carbons (Fsp3) is 0.333. The average Bonchev–Trinajstić information content (AvgIpc) is 2.48. The largest absolute Gasteiger partial charge is 0.174 e. The van der Waals surface area contributed by atoms with E-state index < -0.39 is 0 Å². The zero-order chi connectivity index (χ0) is 8.10. The molecule has 0 saturated carbocycles. The molecule has 0 spiro atoms. The van der Waals surface area contributed by atoms with Crippen LogP contribution in [0.5, 0.6) is 0 Å². The molecule has 0 saturated heterocycles. The van der Waals surface area contributed by atoms with Gasteiger partial charge in [0.2, 0.25) is 0 Å². The maximum absolute atomic E-state index is 5.55. The van der Waals surface area contributed by atoms with Gasteiger partial charge >= 0.3 is 0 Å². The lowest BCUT2D eigenvalue weighted by Gasteiger charge is -1.85. The highest BCUT2D eigenvalue weighted by Gasteiger charge is 2.01. The molecule has 0 N–H and O–H groups in total. The van der Waals surface area contributed by atoms with Gasteiger partial charge < -0.3 is 0 Å². The molecule has 1 rings (SSSR count). The predicted octanol–water partition coefficient (Wildman–Crippen LogP) is 2.56. The molecule has 1 aromatic heterocycles. The summed E-state index contributed by atoms with van der Waals surface area (Å²) < 4.78 is 0.959. The summed E-state index contributed by atoms with van der Waals surface area (Å²) >= 11 is 8.71. The third-order valence-corrected chi connectivity index (χ3v) is 3.35. The van der Waals surface area contributed by atoms with Crippen molar-refractivity contribution in [2.45, 2.75) is 10.2 Å². The SMILES string of the molecule is C=CCSc1nnc(CCl)s1. The first-order valence-corrected chi connectivity index (χ1v) is 5.32. The highest BCUT2D eigenvalue weighted by Crippen LogP contribution is 2.22. The van der Waals surface area contributed by atoms with Gasteiger partial charge in [-0.15, -0.1) is 28.4 Å². The minimum absolute atomic E-state index is 0.451. The van der Waals surface area contributed by atoms with Crippen LogP contribution >= 0.6 is 34.7 Å². The zero-order valence-corrected chi connectivity index (χ0v) is 8.18. The fourth-order valence-electron chi connectivity index (χ4n) is 0.481. The van der Waals surface area contributed by atoms with Crippen LogP contribution in [0.3, 0.4) is 0 Å². The molecule has 60 valence electrons.